The lowest BCUT2D eigenvalue weighted by atomic mass is 10.0. The molecule has 0 aliphatic rings. The van der Waals surface area contributed by atoms with Crippen LogP contribution in [0.25, 0.3) is 16.8 Å². The van der Waals surface area contributed by atoms with E-state index in [9.17, 15) is 20.1 Å². The van der Waals surface area contributed by atoms with Gasteiger partial charge in [-0.25, -0.2) is 0 Å². The highest BCUT2D eigenvalue weighted by molar-refractivity contribution is 6.02. The molecule has 0 unspecified atom stereocenters. The smallest absolute Gasteiger partial charge is 0.258 e. The third-order valence-electron chi connectivity index (χ3n) is 5.11. The second-order valence-electron chi connectivity index (χ2n) is 7.41. The Labute approximate surface area is 184 Å². The molecule has 0 radical (unpaired) electrons. The van der Waals surface area contributed by atoms with Crippen LogP contribution in [0.1, 0.15) is 22.3 Å². The molecule has 0 spiro atoms. The second kappa shape index (κ2) is 9.22. The number of H-pyrrole nitrogens is 1. The molecule has 4 aromatic rings. The molecular formula is C26H22N2O4. The maximum atomic E-state index is 12.3. The van der Waals surface area contributed by atoms with Gasteiger partial charge in [0.1, 0.15) is 0 Å². The van der Waals surface area contributed by atoms with Gasteiger partial charge < -0.3 is 15.3 Å². The molecule has 6 heteroatoms. The molecule has 1 aromatic heterocycles. The van der Waals surface area contributed by atoms with Crippen LogP contribution in [0.3, 0.4) is 0 Å². The van der Waals surface area contributed by atoms with E-state index in [1.165, 1.54) is 23.9 Å². The van der Waals surface area contributed by atoms with Crippen LogP contribution in [-0.2, 0) is 13.0 Å². The first-order valence-electron chi connectivity index (χ1n) is 10.1. The van der Waals surface area contributed by atoms with Gasteiger partial charge in [-0.3, -0.25) is 14.8 Å². The largest absolute Gasteiger partial charge is 0.504 e. The summed E-state index contributed by atoms with van der Waals surface area (Å²) < 4.78 is 0. The number of aromatic nitrogens is 1. The number of aliphatic imine (C=N–C) groups is 1. The van der Waals surface area contributed by atoms with Gasteiger partial charge in [-0.1, -0.05) is 54.6 Å². The number of pyridine rings is 1. The van der Waals surface area contributed by atoms with Crippen molar-refractivity contribution in [2.24, 2.45) is 4.99 Å². The van der Waals surface area contributed by atoms with Gasteiger partial charge in [-0.05, 0) is 47.4 Å². The Balaban J connectivity index is 1.62. The molecule has 160 valence electrons. The summed E-state index contributed by atoms with van der Waals surface area (Å²) in [5.74, 6) is -0.679. The van der Waals surface area contributed by atoms with E-state index in [0.29, 0.717) is 21.9 Å². The number of nitrogens with zero attached hydrogens (tertiary/aromatic N) is 1. The van der Waals surface area contributed by atoms with Gasteiger partial charge in [0.15, 0.2) is 11.5 Å². The van der Waals surface area contributed by atoms with E-state index in [2.05, 4.69) is 28.2 Å². The number of aromatic hydroxyl groups is 3. The quantitative estimate of drug-likeness (QED) is 0.269. The van der Waals surface area contributed by atoms with Crippen molar-refractivity contribution in [2.75, 3.05) is 0 Å². The summed E-state index contributed by atoms with van der Waals surface area (Å²) >= 11 is 0. The number of benzene rings is 3. The molecule has 0 atom stereocenters. The number of hydrogen-bond donors (Lipinski definition) is 4. The van der Waals surface area contributed by atoms with Crippen molar-refractivity contribution in [3.63, 3.8) is 0 Å². The van der Waals surface area contributed by atoms with Gasteiger partial charge in [-0.15, -0.1) is 0 Å². The van der Waals surface area contributed by atoms with Crippen LogP contribution in [0.15, 0.2) is 82.6 Å². The van der Waals surface area contributed by atoms with E-state index < -0.39 is 0 Å². The molecule has 0 saturated heterocycles. The van der Waals surface area contributed by atoms with E-state index >= 15 is 0 Å². The van der Waals surface area contributed by atoms with Crippen molar-refractivity contribution in [3.8, 4) is 17.4 Å². The van der Waals surface area contributed by atoms with Gasteiger partial charge in [0.05, 0.1) is 12.1 Å². The van der Waals surface area contributed by atoms with Crippen LogP contribution in [0.5, 0.6) is 17.4 Å². The highest BCUT2D eigenvalue weighted by atomic mass is 16.3. The minimum atomic E-state index is -0.377. The van der Waals surface area contributed by atoms with E-state index in [1.807, 2.05) is 36.4 Å². The number of nitrogens with one attached hydrogen (secondary N) is 1. The minimum absolute atomic E-state index is 0.199. The SMILES string of the molecule is O=c1[nH]c(O)c(C=NCc2ccc(O)c(O)c2)c2cc(/C=C/Cc3ccccc3)ccc12. The number of allylic oxidation sites excluding steroid dienone is 1. The summed E-state index contributed by atoms with van der Waals surface area (Å²) in [6, 6.07) is 20.0. The zero-order chi connectivity index (χ0) is 22.5. The van der Waals surface area contributed by atoms with Crippen LogP contribution in [0.2, 0.25) is 0 Å². The number of fused-ring (bicyclic) bond motifs is 1. The van der Waals surface area contributed by atoms with E-state index in [0.717, 1.165) is 12.0 Å². The molecule has 4 N–H and O–H groups in total. The molecule has 4 rings (SSSR count). The molecule has 0 amide bonds. The van der Waals surface area contributed by atoms with Crippen molar-refractivity contribution in [2.45, 2.75) is 13.0 Å². The lowest BCUT2D eigenvalue weighted by Gasteiger charge is -2.06. The maximum absolute atomic E-state index is 12.3. The zero-order valence-electron chi connectivity index (χ0n) is 17.2. The topological polar surface area (TPSA) is 106 Å². The summed E-state index contributed by atoms with van der Waals surface area (Å²) in [4.78, 5) is 19.1. The number of aromatic amines is 1. The Morgan fingerprint density at radius 2 is 1.66 bits per heavy atom. The van der Waals surface area contributed by atoms with E-state index in [1.54, 1.807) is 12.1 Å². The molecule has 3 aromatic carbocycles. The first-order chi connectivity index (χ1) is 15.5. The summed E-state index contributed by atoms with van der Waals surface area (Å²) in [5.41, 5.74) is 2.82. The van der Waals surface area contributed by atoms with Crippen LogP contribution in [0.4, 0.5) is 0 Å². The molecule has 0 aliphatic heterocycles. The van der Waals surface area contributed by atoms with Crippen molar-refractivity contribution in [3.05, 3.63) is 105 Å². The molecule has 0 aliphatic carbocycles. The highest BCUT2D eigenvalue weighted by Gasteiger charge is 2.10. The van der Waals surface area contributed by atoms with Crippen LogP contribution in [0, 0.1) is 0 Å². The fraction of sp³-hybridized carbons (Fsp3) is 0.0769. The number of rotatable bonds is 6. The molecule has 6 nitrogen and oxygen atoms in total. The summed E-state index contributed by atoms with van der Waals surface area (Å²) in [6.07, 6.45) is 6.31. The summed E-state index contributed by atoms with van der Waals surface area (Å²) in [7, 11) is 0. The number of phenols is 2. The van der Waals surface area contributed by atoms with Crippen LogP contribution < -0.4 is 5.56 Å². The fourth-order valence-electron chi connectivity index (χ4n) is 3.44. The minimum Gasteiger partial charge on any atom is -0.504 e. The van der Waals surface area contributed by atoms with Crippen LogP contribution in [-0.4, -0.2) is 26.5 Å². The molecule has 0 bridgehead atoms. The predicted octanol–water partition coefficient (Wildman–Crippen LogP) is 4.52. The Morgan fingerprint density at radius 1 is 0.844 bits per heavy atom. The second-order valence-corrected chi connectivity index (χ2v) is 7.41. The van der Waals surface area contributed by atoms with Crippen molar-refractivity contribution in [1.82, 2.24) is 4.98 Å². The van der Waals surface area contributed by atoms with Gasteiger partial charge in [0.25, 0.3) is 5.56 Å². The standard InChI is InChI=1S/C26H22N2O4/c29-23-12-10-19(14-24(23)30)15-27-16-22-21-13-18(8-4-7-17-5-2-1-3-6-17)9-11-20(21)25(31)28-26(22)32/h1-6,8-14,16,29-30H,7,15H2,(H2,28,31,32)/b8-4+,27-16?. The average molecular weight is 426 g/mol. The van der Waals surface area contributed by atoms with Gasteiger partial charge in [0, 0.05) is 17.0 Å². The van der Waals surface area contributed by atoms with Crippen LogP contribution >= 0.6 is 0 Å². The average Bonchev–Trinajstić information content (AvgIpc) is 2.79. The van der Waals surface area contributed by atoms with Gasteiger partial charge in [0.2, 0.25) is 5.88 Å². The normalized spacial score (nSPS) is 11.6. The molecule has 0 fully saturated rings. The highest BCUT2D eigenvalue weighted by Crippen LogP contribution is 2.26. The maximum Gasteiger partial charge on any atom is 0.258 e. The Bertz CT molecular complexity index is 1370. The number of hydrogen-bond acceptors (Lipinski definition) is 5. The van der Waals surface area contributed by atoms with Crippen molar-refractivity contribution in [1.29, 1.82) is 0 Å². The third-order valence-corrected chi connectivity index (χ3v) is 5.11. The van der Waals surface area contributed by atoms with Gasteiger partial charge >= 0.3 is 0 Å². The summed E-state index contributed by atoms with van der Waals surface area (Å²) in [5, 5.41) is 30.4. The molecule has 0 saturated carbocycles. The lowest BCUT2D eigenvalue weighted by molar-refractivity contribution is 0.403. The molecule has 32 heavy (non-hydrogen) atoms. The monoisotopic (exact) mass is 426 g/mol. The zero-order valence-corrected chi connectivity index (χ0v) is 17.2. The first kappa shape index (κ1) is 20.9. The predicted molar refractivity (Wildman–Crippen MR) is 126 cm³/mol. The Hall–Kier alpha value is -4.32. The third kappa shape index (κ3) is 4.70. The molecule has 1 heterocycles. The Morgan fingerprint density at radius 3 is 2.44 bits per heavy atom. The van der Waals surface area contributed by atoms with Gasteiger partial charge in [-0.2, -0.15) is 0 Å². The fourth-order valence-corrected chi connectivity index (χ4v) is 3.44. The first-order valence-corrected chi connectivity index (χ1v) is 10.1. The molecular weight excluding hydrogens is 404 g/mol. The number of phenolic OH excluding ortho intramolecular Hbond substituents is 2. The van der Waals surface area contributed by atoms with E-state index in [-0.39, 0.29) is 29.5 Å². The van der Waals surface area contributed by atoms with E-state index in [4.69, 9.17) is 0 Å². The Kier molecular flexibility index (Phi) is 6.03. The van der Waals surface area contributed by atoms with Crippen molar-refractivity contribution < 1.29 is 15.3 Å². The summed E-state index contributed by atoms with van der Waals surface area (Å²) in [6.45, 7) is 0.227. The van der Waals surface area contributed by atoms with Crippen molar-refractivity contribution >= 4 is 23.1 Å². The lowest BCUT2D eigenvalue weighted by Crippen LogP contribution is -2.08.